The lowest BCUT2D eigenvalue weighted by atomic mass is 9.84. The van der Waals surface area contributed by atoms with Gasteiger partial charge in [0.1, 0.15) is 30.5 Å². The second-order valence-electron chi connectivity index (χ2n) is 10.2. The quantitative estimate of drug-likeness (QED) is 0.155. The second-order valence-corrected chi connectivity index (χ2v) is 10.2. The molecule has 14 N–H and O–H groups in total. The Labute approximate surface area is 208 Å². The summed E-state index contributed by atoms with van der Waals surface area (Å²) >= 11 is 0. The third kappa shape index (κ3) is 5.56. The molecule has 16 atom stereocenters. The molecule has 15 nitrogen and oxygen atoms in total. The van der Waals surface area contributed by atoms with E-state index in [1.54, 1.807) is 7.05 Å². The molecule has 0 aromatic heterocycles. The number of hydrogen-bond acceptors (Lipinski definition) is 15. The van der Waals surface area contributed by atoms with Crippen LogP contribution in [0.25, 0.3) is 0 Å². The third-order valence-electron chi connectivity index (χ3n) is 7.63. The van der Waals surface area contributed by atoms with Crippen molar-refractivity contribution in [2.24, 2.45) is 22.9 Å². The zero-order valence-electron chi connectivity index (χ0n) is 20.2. The summed E-state index contributed by atoms with van der Waals surface area (Å²) in [6.07, 6.45) is -10.3. The number of nitrogens with two attached hydrogens (primary N) is 4. The molecule has 7 unspecified atom stereocenters. The summed E-state index contributed by atoms with van der Waals surface area (Å²) in [7, 11) is 1.61. The highest BCUT2D eigenvalue weighted by Gasteiger charge is 2.53. The smallest absolute Gasteiger partial charge is 0.179 e. The maximum absolute atomic E-state index is 11.1. The highest BCUT2D eigenvalue weighted by molar-refractivity contribution is 5.01. The van der Waals surface area contributed by atoms with Crippen LogP contribution in [0.3, 0.4) is 0 Å². The maximum atomic E-state index is 11.1. The van der Waals surface area contributed by atoms with Gasteiger partial charge in [0.25, 0.3) is 0 Å². The Hall–Kier alpha value is -0.600. The van der Waals surface area contributed by atoms with Crippen molar-refractivity contribution in [3.05, 3.63) is 0 Å². The van der Waals surface area contributed by atoms with E-state index in [1.165, 1.54) is 0 Å². The lowest BCUT2D eigenvalue weighted by Crippen LogP contribution is -2.69. The summed E-state index contributed by atoms with van der Waals surface area (Å²) in [4.78, 5) is 0. The fourth-order valence-electron chi connectivity index (χ4n) is 5.44. The van der Waals surface area contributed by atoms with Gasteiger partial charge in [-0.25, -0.2) is 0 Å². The van der Waals surface area contributed by atoms with E-state index < -0.39 is 105 Å². The Kier molecular flexibility index (Phi) is 9.19. The van der Waals surface area contributed by atoms with Gasteiger partial charge in [-0.1, -0.05) is 0 Å². The minimum atomic E-state index is -1.32. The van der Waals surface area contributed by atoms with E-state index in [0.717, 1.165) is 0 Å². The van der Waals surface area contributed by atoms with E-state index in [1.807, 2.05) is 0 Å². The van der Waals surface area contributed by atoms with Crippen molar-refractivity contribution in [3.8, 4) is 0 Å². The highest BCUT2D eigenvalue weighted by Crippen LogP contribution is 2.35. The molecule has 1 saturated carbocycles. The summed E-state index contributed by atoms with van der Waals surface area (Å²) in [5, 5.41) is 54.3. The number of likely N-dealkylation sites (N-methyl/N-ethyl adjacent to an activating group) is 1. The van der Waals surface area contributed by atoms with Gasteiger partial charge < -0.3 is 77.5 Å². The second kappa shape index (κ2) is 11.6. The molecule has 210 valence electrons. The van der Waals surface area contributed by atoms with E-state index in [0.29, 0.717) is 0 Å². The number of aliphatic hydroxyl groups excluding tert-OH is 5. The molecule has 4 fully saturated rings. The zero-order chi connectivity index (χ0) is 26.3. The molecule has 3 heterocycles. The lowest BCUT2D eigenvalue weighted by molar-refractivity contribution is -0.361. The average molecular weight is 524 g/mol. The molecular weight excluding hydrogens is 482 g/mol. The van der Waals surface area contributed by atoms with Crippen LogP contribution in [0.1, 0.15) is 19.3 Å². The van der Waals surface area contributed by atoms with Gasteiger partial charge in [0, 0.05) is 18.5 Å². The Morgan fingerprint density at radius 2 is 1.53 bits per heavy atom. The Morgan fingerprint density at radius 3 is 2.19 bits per heavy atom. The first-order valence-corrected chi connectivity index (χ1v) is 12.4. The van der Waals surface area contributed by atoms with Crippen molar-refractivity contribution in [1.29, 1.82) is 0 Å². The van der Waals surface area contributed by atoms with Gasteiger partial charge in [0.05, 0.1) is 43.0 Å². The third-order valence-corrected chi connectivity index (χ3v) is 7.63. The fraction of sp³-hybridized carbons (Fsp3) is 1.00. The minimum Gasteiger partial charge on any atom is -0.394 e. The molecular formula is C21H41N5O10. The van der Waals surface area contributed by atoms with E-state index in [-0.39, 0.29) is 19.3 Å². The summed E-state index contributed by atoms with van der Waals surface area (Å²) in [5.74, 6) is 0. The van der Waals surface area contributed by atoms with E-state index in [4.69, 9.17) is 46.6 Å². The molecule has 3 aliphatic heterocycles. The number of ether oxygens (including phenoxy) is 5. The molecule has 4 rings (SSSR count). The molecule has 3 saturated heterocycles. The Balaban J connectivity index is 1.41. The van der Waals surface area contributed by atoms with E-state index >= 15 is 0 Å². The molecule has 0 aromatic carbocycles. The van der Waals surface area contributed by atoms with Crippen molar-refractivity contribution in [2.45, 2.75) is 117 Å². The van der Waals surface area contributed by atoms with Gasteiger partial charge in [0.15, 0.2) is 18.9 Å². The van der Waals surface area contributed by atoms with Crippen LogP contribution in [-0.2, 0) is 23.7 Å². The normalized spacial score (nSPS) is 54.2. The summed E-state index contributed by atoms with van der Waals surface area (Å²) in [6.45, 7) is -0.390. The predicted octanol–water partition coefficient (Wildman–Crippen LogP) is -5.92. The van der Waals surface area contributed by atoms with Gasteiger partial charge >= 0.3 is 0 Å². The molecule has 0 amide bonds. The van der Waals surface area contributed by atoms with E-state index in [2.05, 4.69) is 5.32 Å². The summed E-state index contributed by atoms with van der Waals surface area (Å²) < 4.78 is 29.6. The molecule has 36 heavy (non-hydrogen) atoms. The topological polar surface area (TPSA) is 263 Å². The maximum Gasteiger partial charge on any atom is 0.179 e. The first-order valence-electron chi connectivity index (χ1n) is 12.4. The Morgan fingerprint density at radius 1 is 0.806 bits per heavy atom. The van der Waals surface area contributed by atoms with Crippen molar-refractivity contribution in [2.75, 3.05) is 13.7 Å². The lowest BCUT2D eigenvalue weighted by Gasteiger charge is -2.51. The molecule has 1 aliphatic carbocycles. The van der Waals surface area contributed by atoms with Crippen LogP contribution in [0.2, 0.25) is 0 Å². The number of hydrogen-bond donors (Lipinski definition) is 10. The summed E-state index contributed by atoms with van der Waals surface area (Å²) in [5.41, 5.74) is 24.1. The van der Waals surface area contributed by atoms with Crippen LogP contribution in [-0.4, -0.2) is 137 Å². The van der Waals surface area contributed by atoms with Crippen LogP contribution >= 0.6 is 0 Å². The highest BCUT2D eigenvalue weighted by atomic mass is 16.8. The molecule has 15 heteroatoms. The van der Waals surface area contributed by atoms with Crippen LogP contribution in [0.4, 0.5) is 0 Å². The molecule has 0 aromatic rings. The van der Waals surface area contributed by atoms with Crippen LogP contribution in [0.5, 0.6) is 0 Å². The largest absolute Gasteiger partial charge is 0.394 e. The average Bonchev–Trinajstić information content (AvgIpc) is 2.83. The van der Waals surface area contributed by atoms with Gasteiger partial charge in [-0.3, -0.25) is 0 Å². The minimum absolute atomic E-state index is 0.0591. The number of fused-ring (bicyclic) bond motifs is 1. The molecule has 4 aliphatic rings. The number of aliphatic hydroxyl groups is 5. The standard InChI is InChI=1S/C21H41N5O10/c1-26-14-16(30)19-10(33-21(14)34-12-4-9(28)13(25)11(5-27)32-12)3-8(24)20(36-19)35-18-7(23)2-6(22)15(29)17(18)31/h6-21,26-31H,2-5,22-25H2,1H3/t6-,7?,8+,9-,10+,11?,12-,13+,14?,15?,16?,17-,18-,19?,20+,21?/m1/s1. The fourth-order valence-corrected chi connectivity index (χ4v) is 5.44. The van der Waals surface area contributed by atoms with Crippen molar-refractivity contribution >= 4 is 0 Å². The number of rotatable bonds is 6. The van der Waals surface area contributed by atoms with Crippen LogP contribution < -0.4 is 28.3 Å². The van der Waals surface area contributed by atoms with Gasteiger partial charge in [-0.15, -0.1) is 0 Å². The molecule has 0 radical (unpaired) electrons. The van der Waals surface area contributed by atoms with Crippen molar-refractivity contribution < 1.29 is 49.2 Å². The van der Waals surface area contributed by atoms with Gasteiger partial charge in [-0.05, 0) is 19.9 Å². The molecule has 0 bridgehead atoms. The Bertz CT molecular complexity index is 727. The van der Waals surface area contributed by atoms with Crippen LogP contribution in [0.15, 0.2) is 0 Å². The monoisotopic (exact) mass is 523 g/mol. The van der Waals surface area contributed by atoms with Crippen molar-refractivity contribution in [1.82, 2.24) is 5.32 Å². The van der Waals surface area contributed by atoms with Crippen molar-refractivity contribution in [3.63, 3.8) is 0 Å². The predicted molar refractivity (Wildman–Crippen MR) is 122 cm³/mol. The molecule has 0 spiro atoms. The van der Waals surface area contributed by atoms with E-state index in [9.17, 15) is 25.5 Å². The zero-order valence-corrected chi connectivity index (χ0v) is 20.2. The van der Waals surface area contributed by atoms with Crippen LogP contribution in [0, 0.1) is 0 Å². The first-order chi connectivity index (χ1) is 17.0. The SMILES string of the molecule is CNC1C(O[C@@H]2C[C@@H](O)[C@H](N)C(CO)O2)O[C@H]2C[C@H](N)[C@@H](O[C@@H]3C(N)C[C@@H](N)C(O)[C@H]3O)OC2C1O. The van der Waals surface area contributed by atoms with Gasteiger partial charge in [0.2, 0.25) is 0 Å². The summed E-state index contributed by atoms with van der Waals surface area (Å²) in [6, 6.07) is -3.55. The number of nitrogens with one attached hydrogen (secondary N) is 1. The first kappa shape index (κ1) is 28.4. The van der Waals surface area contributed by atoms with Gasteiger partial charge in [-0.2, -0.15) is 0 Å².